The molecule has 0 aromatic carbocycles. The van der Waals surface area contributed by atoms with Gasteiger partial charge < -0.3 is 9.47 Å². The first-order valence-corrected chi connectivity index (χ1v) is 15.3. The van der Waals surface area contributed by atoms with Gasteiger partial charge >= 0.3 is 19.8 Å². The van der Waals surface area contributed by atoms with Crippen molar-refractivity contribution in [1.29, 1.82) is 0 Å². The van der Waals surface area contributed by atoms with Crippen LogP contribution in [-0.2, 0) is 37.2 Å². The van der Waals surface area contributed by atoms with Crippen LogP contribution in [0.1, 0.15) is 88.0 Å². The molecular weight excluding hydrogens is 519 g/mol. The predicted octanol–water partition coefficient (Wildman–Crippen LogP) is 7.10. The maximum Gasteiger partial charge on any atom is 0.476 e. The lowest BCUT2D eigenvalue weighted by atomic mass is 9.46. The minimum atomic E-state index is -4.02. The Balaban J connectivity index is 2.00. The largest absolute Gasteiger partial charge is 0.476 e. The average molecular weight is 567 g/mol. The van der Waals surface area contributed by atoms with Gasteiger partial charge in [0.2, 0.25) is 0 Å². The number of phosphoric acid groups is 1. The summed E-state index contributed by atoms with van der Waals surface area (Å²) < 4.78 is 43.1. The molecule has 0 amide bonds. The van der Waals surface area contributed by atoms with Crippen LogP contribution in [0.15, 0.2) is 36.0 Å². The molecule has 0 radical (unpaired) electrons. The minimum Gasteiger partial charge on any atom is -0.465 e. The van der Waals surface area contributed by atoms with Gasteiger partial charge in [0.15, 0.2) is 0 Å². The predicted molar refractivity (Wildman–Crippen MR) is 150 cm³/mol. The van der Waals surface area contributed by atoms with Crippen molar-refractivity contribution in [3.8, 4) is 0 Å². The van der Waals surface area contributed by atoms with Gasteiger partial charge in [-0.2, -0.15) is 0 Å². The molecule has 2 saturated carbocycles. The van der Waals surface area contributed by atoms with Gasteiger partial charge in [0, 0.05) is 18.3 Å². The van der Waals surface area contributed by atoms with Crippen molar-refractivity contribution in [3.63, 3.8) is 0 Å². The van der Waals surface area contributed by atoms with E-state index in [0.29, 0.717) is 12.0 Å². The molecule has 2 fully saturated rings. The fourth-order valence-electron chi connectivity index (χ4n) is 6.48. The molecule has 0 saturated heterocycles. The lowest BCUT2D eigenvalue weighted by Gasteiger charge is -2.60. The van der Waals surface area contributed by atoms with E-state index < -0.39 is 30.5 Å². The summed E-state index contributed by atoms with van der Waals surface area (Å²) in [4.78, 5) is 24.0. The van der Waals surface area contributed by atoms with E-state index in [1.54, 1.807) is 6.08 Å². The lowest BCUT2D eigenvalue weighted by molar-refractivity contribution is -0.171. The van der Waals surface area contributed by atoms with Crippen LogP contribution in [-0.4, -0.2) is 42.5 Å². The molecule has 0 N–H and O–H groups in total. The number of phosphoric ester groups is 1. The van der Waals surface area contributed by atoms with Crippen molar-refractivity contribution in [2.45, 2.75) is 105 Å². The number of fused-ring (bicyclic) bond motifs is 1. The van der Waals surface area contributed by atoms with Crippen LogP contribution in [0, 0.1) is 22.7 Å². The summed E-state index contributed by atoms with van der Waals surface area (Å²) in [5.74, 6) is -0.678. The number of hydrogen-bond acceptors (Lipinski definition) is 8. The van der Waals surface area contributed by atoms with Crippen LogP contribution >= 0.6 is 7.82 Å². The molecule has 220 valence electrons. The van der Waals surface area contributed by atoms with E-state index in [2.05, 4.69) is 19.6 Å². The molecule has 2 aliphatic carbocycles. The third kappa shape index (κ3) is 7.52. The number of rotatable bonds is 8. The standard InChI is InChI=1S/C30H47O8P/c1-20-11-14-24-29(9,23(20)13-12-22-16-18-34-26(22)32)17-15-25(30(24,10)19-35-21(2)31)36-39(33,37-27(3,4)5)38-28(6,7)8/h12-13,16,23-25H,1,11,14-15,17-19H2,2-10H3/b13-12+/t23?,24?,25-,29-,30+/m1/s1. The monoisotopic (exact) mass is 566 g/mol. The van der Waals surface area contributed by atoms with Crippen LogP contribution in [0.5, 0.6) is 0 Å². The minimum absolute atomic E-state index is 0.00777. The summed E-state index contributed by atoms with van der Waals surface area (Å²) in [5.41, 5.74) is -0.842. The zero-order valence-corrected chi connectivity index (χ0v) is 26.0. The Morgan fingerprint density at radius 2 is 1.77 bits per heavy atom. The lowest BCUT2D eigenvalue weighted by Crippen LogP contribution is -2.58. The molecule has 0 aromatic heterocycles. The molecule has 0 spiro atoms. The van der Waals surface area contributed by atoms with E-state index in [1.807, 2.05) is 54.5 Å². The normalized spacial score (nSPS) is 32.1. The maximum atomic E-state index is 14.1. The summed E-state index contributed by atoms with van der Waals surface area (Å²) in [7, 11) is -4.02. The molecule has 5 atom stereocenters. The van der Waals surface area contributed by atoms with Crippen LogP contribution in [0.4, 0.5) is 0 Å². The molecule has 8 nitrogen and oxygen atoms in total. The molecule has 39 heavy (non-hydrogen) atoms. The Labute approximate surface area is 234 Å². The Bertz CT molecular complexity index is 1060. The van der Waals surface area contributed by atoms with Gasteiger partial charge in [0.05, 0.1) is 29.5 Å². The van der Waals surface area contributed by atoms with Gasteiger partial charge in [0.1, 0.15) is 6.61 Å². The molecule has 9 heteroatoms. The molecule has 0 bridgehead atoms. The number of carbonyl (C=O) groups excluding carboxylic acids is 2. The second-order valence-corrected chi connectivity index (χ2v) is 15.1. The van der Waals surface area contributed by atoms with Gasteiger partial charge in [-0.1, -0.05) is 38.2 Å². The number of cyclic esters (lactones) is 1. The van der Waals surface area contributed by atoms with Crippen LogP contribution < -0.4 is 0 Å². The van der Waals surface area contributed by atoms with Crippen molar-refractivity contribution in [3.05, 3.63) is 36.0 Å². The summed E-state index contributed by atoms with van der Waals surface area (Å²) >= 11 is 0. The Morgan fingerprint density at radius 3 is 2.28 bits per heavy atom. The first-order valence-electron chi connectivity index (χ1n) is 13.8. The fourth-order valence-corrected chi connectivity index (χ4v) is 8.61. The molecule has 1 heterocycles. The summed E-state index contributed by atoms with van der Waals surface area (Å²) in [6, 6.07) is 0. The first-order chi connectivity index (χ1) is 17.8. The SMILES string of the molecule is C=C1CCC2[C@](C)(CC[C@@H](OP(=O)(OC(C)(C)C)OC(C)(C)C)[C@@]2(C)COC(C)=O)C1/C=C/C1=CCOC1=O. The number of ether oxygens (including phenoxy) is 2. The van der Waals surface area contributed by atoms with E-state index in [-0.39, 0.29) is 42.4 Å². The van der Waals surface area contributed by atoms with Crippen LogP contribution in [0.3, 0.4) is 0 Å². The van der Waals surface area contributed by atoms with Crippen molar-refractivity contribution in [1.82, 2.24) is 0 Å². The van der Waals surface area contributed by atoms with Gasteiger partial charge in [0.25, 0.3) is 0 Å². The summed E-state index contributed by atoms with van der Waals surface area (Å²) in [5, 5.41) is 0. The highest BCUT2D eigenvalue weighted by atomic mass is 31.2. The van der Waals surface area contributed by atoms with Gasteiger partial charge in [-0.15, -0.1) is 0 Å². The number of allylic oxidation sites excluding steroid dienone is 2. The van der Waals surface area contributed by atoms with Crippen molar-refractivity contribution in [2.75, 3.05) is 13.2 Å². The topological polar surface area (TPSA) is 97.4 Å². The van der Waals surface area contributed by atoms with E-state index in [1.165, 1.54) is 6.92 Å². The van der Waals surface area contributed by atoms with E-state index in [4.69, 9.17) is 23.0 Å². The Hall–Kier alpha value is -1.73. The average Bonchev–Trinajstić information content (AvgIpc) is 3.16. The quantitative estimate of drug-likeness (QED) is 0.174. The van der Waals surface area contributed by atoms with Crippen molar-refractivity contribution < 1.29 is 37.2 Å². The molecule has 1 aliphatic heterocycles. The van der Waals surface area contributed by atoms with E-state index in [9.17, 15) is 14.2 Å². The zero-order valence-electron chi connectivity index (χ0n) is 25.1. The summed E-state index contributed by atoms with van der Waals surface area (Å²) in [6.45, 7) is 21.3. The smallest absolute Gasteiger partial charge is 0.465 e. The number of hydrogen-bond donors (Lipinski definition) is 0. The fraction of sp³-hybridized carbons (Fsp3) is 0.733. The van der Waals surface area contributed by atoms with Crippen molar-refractivity contribution in [2.24, 2.45) is 22.7 Å². The Morgan fingerprint density at radius 1 is 1.15 bits per heavy atom. The third-order valence-corrected chi connectivity index (χ3v) is 10.1. The van der Waals surface area contributed by atoms with Gasteiger partial charge in [-0.3, -0.25) is 18.4 Å². The second kappa shape index (κ2) is 11.3. The summed E-state index contributed by atoms with van der Waals surface area (Å²) in [6.07, 6.45) is 8.03. The molecular formula is C30H47O8P. The van der Waals surface area contributed by atoms with E-state index >= 15 is 0 Å². The van der Waals surface area contributed by atoms with E-state index in [0.717, 1.165) is 24.8 Å². The molecule has 3 aliphatic rings. The van der Waals surface area contributed by atoms with Crippen molar-refractivity contribution >= 4 is 19.8 Å². The van der Waals surface area contributed by atoms with Gasteiger partial charge in [-0.05, 0) is 84.6 Å². The maximum absolute atomic E-state index is 14.1. The highest BCUT2D eigenvalue weighted by Gasteiger charge is 2.60. The molecule has 0 aromatic rings. The van der Waals surface area contributed by atoms with Crippen LogP contribution in [0.2, 0.25) is 0 Å². The highest BCUT2D eigenvalue weighted by molar-refractivity contribution is 7.48. The first kappa shape index (κ1) is 31.8. The van der Waals surface area contributed by atoms with Crippen LogP contribution in [0.25, 0.3) is 0 Å². The van der Waals surface area contributed by atoms with Gasteiger partial charge in [-0.25, -0.2) is 9.36 Å². The Kier molecular flexibility index (Phi) is 9.19. The number of esters is 2. The third-order valence-electron chi connectivity index (χ3n) is 8.01. The highest BCUT2D eigenvalue weighted by Crippen LogP contribution is 2.66. The molecule has 2 unspecified atom stereocenters. The molecule has 3 rings (SSSR count). The second-order valence-electron chi connectivity index (χ2n) is 13.6. The number of carbonyl (C=O) groups is 2. The zero-order chi connectivity index (χ0) is 29.4.